The van der Waals surface area contributed by atoms with Crippen LogP contribution in [0.4, 0.5) is 0 Å². The molecule has 6 nitrogen and oxygen atoms in total. The van der Waals surface area contributed by atoms with Crippen molar-refractivity contribution in [3.63, 3.8) is 0 Å². The number of hydrogen-bond donors (Lipinski definition) is 1. The highest BCUT2D eigenvalue weighted by Crippen LogP contribution is 2.29. The Bertz CT molecular complexity index is 485. The molecule has 0 spiro atoms. The summed E-state index contributed by atoms with van der Waals surface area (Å²) in [5, 5.41) is 13.7. The number of aryl methyl sites for hydroxylation is 1. The molecule has 1 aromatic heterocycles. The Hall–Kier alpha value is -1.43. The molecule has 2 atom stereocenters. The van der Waals surface area contributed by atoms with Crippen LogP contribution in [0, 0.1) is 5.92 Å². The summed E-state index contributed by atoms with van der Waals surface area (Å²) in [5.41, 5.74) is 0. The molecule has 0 amide bonds. The van der Waals surface area contributed by atoms with Gasteiger partial charge in [0.2, 0.25) is 0 Å². The molecule has 0 aromatic carbocycles. The predicted molar refractivity (Wildman–Crippen MR) is 68.7 cm³/mol. The normalized spacial score (nSPS) is 28.1. The van der Waals surface area contributed by atoms with Crippen molar-refractivity contribution in [1.29, 1.82) is 0 Å². The van der Waals surface area contributed by atoms with E-state index in [1.165, 1.54) is 12.8 Å². The van der Waals surface area contributed by atoms with E-state index in [1.807, 2.05) is 4.68 Å². The second-order valence-corrected chi connectivity index (χ2v) is 5.63. The summed E-state index contributed by atoms with van der Waals surface area (Å²) in [5.74, 6) is 0.704. The Labute approximate surface area is 112 Å². The van der Waals surface area contributed by atoms with E-state index >= 15 is 0 Å². The predicted octanol–water partition coefficient (Wildman–Crippen LogP) is 1.08. The van der Waals surface area contributed by atoms with Gasteiger partial charge in [0.15, 0.2) is 5.82 Å². The average Bonchev–Trinajstić information content (AvgIpc) is 2.81. The topological polar surface area (TPSA) is 71.2 Å². The van der Waals surface area contributed by atoms with Crippen molar-refractivity contribution in [3.8, 4) is 0 Å². The number of carboxylic acid groups (broad SMARTS) is 1. The maximum absolute atomic E-state index is 11.1. The number of aromatic nitrogens is 3. The number of nitrogens with zero attached hydrogens (tertiary/aromatic N) is 4. The van der Waals surface area contributed by atoms with E-state index in [2.05, 4.69) is 22.0 Å². The lowest BCUT2D eigenvalue weighted by atomic mass is 9.98. The first-order valence-corrected chi connectivity index (χ1v) is 7.02. The average molecular weight is 264 g/mol. The third-order valence-corrected chi connectivity index (χ3v) is 4.30. The van der Waals surface area contributed by atoms with E-state index in [0.717, 1.165) is 24.6 Å². The van der Waals surface area contributed by atoms with Crippen LogP contribution in [-0.4, -0.2) is 44.3 Å². The monoisotopic (exact) mass is 264 g/mol. The van der Waals surface area contributed by atoms with Gasteiger partial charge in [0.25, 0.3) is 0 Å². The minimum Gasteiger partial charge on any atom is -0.481 e. The van der Waals surface area contributed by atoms with Crippen LogP contribution in [0.1, 0.15) is 43.4 Å². The van der Waals surface area contributed by atoms with Gasteiger partial charge in [0.1, 0.15) is 5.82 Å². The zero-order valence-electron chi connectivity index (χ0n) is 11.2. The summed E-state index contributed by atoms with van der Waals surface area (Å²) >= 11 is 0. The van der Waals surface area contributed by atoms with E-state index in [4.69, 9.17) is 5.11 Å². The van der Waals surface area contributed by atoms with Gasteiger partial charge < -0.3 is 5.11 Å². The Kier molecular flexibility index (Phi) is 3.26. The third-order valence-electron chi connectivity index (χ3n) is 4.30. The van der Waals surface area contributed by atoms with Gasteiger partial charge in [0.05, 0.1) is 12.0 Å². The van der Waals surface area contributed by atoms with Crippen LogP contribution < -0.4 is 0 Å². The number of carbonyl (C=O) groups is 1. The summed E-state index contributed by atoms with van der Waals surface area (Å²) in [4.78, 5) is 18.0. The van der Waals surface area contributed by atoms with Crippen LogP contribution in [0.2, 0.25) is 0 Å². The molecule has 0 bridgehead atoms. The van der Waals surface area contributed by atoms with Crippen molar-refractivity contribution in [3.05, 3.63) is 11.6 Å². The number of aliphatic carboxylic acids is 1. The number of hydrogen-bond acceptors (Lipinski definition) is 4. The van der Waals surface area contributed by atoms with Gasteiger partial charge in [0, 0.05) is 13.0 Å². The molecule has 3 heterocycles. The van der Waals surface area contributed by atoms with E-state index < -0.39 is 5.97 Å². The van der Waals surface area contributed by atoms with Crippen LogP contribution in [0.15, 0.2) is 0 Å². The summed E-state index contributed by atoms with van der Waals surface area (Å²) in [6, 6.07) is 0.301. The quantitative estimate of drug-likeness (QED) is 0.865. The number of likely N-dealkylation sites (tertiary alicyclic amines) is 1. The third kappa shape index (κ3) is 2.36. The van der Waals surface area contributed by atoms with Crippen LogP contribution in [-0.2, 0) is 17.8 Å². The molecule has 0 saturated carbocycles. The van der Waals surface area contributed by atoms with E-state index in [9.17, 15) is 4.79 Å². The minimum absolute atomic E-state index is 0.298. The zero-order valence-corrected chi connectivity index (χ0v) is 11.2. The van der Waals surface area contributed by atoms with Crippen LogP contribution >= 0.6 is 0 Å². The Morgan fingerprint density at radius 2 is 2.16 bits per heavy atom. The molecule has 2 aliphatic rings. The van der Waals surface area contributed by atoms with Crippen LogP contribution in [0.3, 0.4) is 0 Å². The molecule has 104 valence electrons. The maximum atomic E-state index is 11.1. The standard InChI is InChI=1S/C13H20N4O2/c1-16-6-3-2-4-10(16)12-14-11-8-9(13(18)19)5-7-17(11)15-12/h9-10H,2-8H2,1H3,(H,18,19). The molecule has 19 heavy (non-hydrogen) atoms. The van der Waals surface area contributed by atoms with Gasteiger partial charge in [-0.2, -0.15) is 5.10 Å². The van der Waals surface area contributed by atoms with E-state index in [-0.39, 0.29) is 5.92 Å². The zero-order chi connectivity index (χ0) is 13.4. The SMILES string of the molecule is CN1CCCCC1c1nc2n(n1)CCC(C(=O)O)C2. The van der Waals surface area contributed by atoms with Gasteiger partial charge in [-0.05, 0) is 32.9 Å². The van der Waals surface area contributed by atoms with Gasteiger partial charge in [-0.1, -0.05) is 6.42 Å². The Balaban J connectivity index is 1.81. The molecule has 0 radical (unpaired) electrons. The van der Waals surface area contributed by atoms with Crippen molar-refractivity contribution in [2.24, 2.45) is 5.92 Å². The minimum atomic E-state index is -0.717. The number of rotatable bonds is 2. The molecule has 1 N–H and O–H groups in total. The highest BCUT2D eigenvalue weighted by Gasteiger charge is 2.30. The number of piperidine rings is 1. The van der Waals surface area contributed by atoms with Gasteiger partial charge in [-0.25, -0.2) is 9.67 Å². The number of fused-ring (bicyclic) bond motifs is 1. The van der Waals surface area contributed by atoms with Gasteiger partial charge >= 0.3 is 5.97 Å². The molecule has 6 heteroatoms. The second-order valence-electron chi connectivity index (χ2n) is 5.63. The van der Waals surface area contributed by atoms with E-state index in [1.54, 1.807) is 0 Å². The first-order chi connectivity index (χ1) is 9.15. The molecule has 1 aromatic rings. The van der Waals surface area contributed by atoms with Crippen molar-refractivity contribution >= 4 is 5.97 Å². The fourth-order valence-corrected chi connectivity index (χ4v) is 3.08. The molecular weight excluding hydrogens is 244 g/mol. The van der Waals surface area contributed by atoms with Crippen LogP contribution in [0.5, 0.6) is 0 Å². The molecule has 0 aliphatic carbocycles. The Morgan fingerprint density at radius 3 is 2.89 bits per heavy atom. The summed E-state index contributed by atoms with van der Waals surface area (Å²) in [6.45, 7) is 1.77. The molecule has 2 aliphatic heterocycles. The largest absolute Gasteiger partial charge is 0.481 e. The number of carboxylic acids is 1. The van der Waals surface area contributed by atoms with E-state index in [0.29, 0.717) is 25.4 Å². The van der Waals surface area contributed by atoms with Gasteiger partial charge in [-0.15, -0.1) is 0 Å². The first kappa shape index (κ1) is 12.6. The lowest BCUT2D eigenvalue weighted by molar-refractivity contribution is -0.142. The second kappa shape index (κ2) is 4.92. The lowest BCUT2D eigenvalue weighted by Crippen LogP contribution is -2.30. The van der Waals surface area contributed by atoms with Crippen molar-refractivity contribution < 1.29 is 9.90 Å². The fourth-order valence-electron chi connectivity index (χ4n) is 3.08. The molecule has 2 unspecified atom stereocenters. The summed E-state index contributed by atoms with van der Waals surface area (Å²) in [7, 11) is 2.11. The maximum Gasteiger partial charge on any atom is 0.307 e. The molecular formula is C13H20N4O2. The van der Waals surface area contributed by atoms with Crippen molar-refractivity contribution in [2.45, 2.75) is 44.7 Å². The molecule has 3 rings (SSSR count). The van der Waals surface area contributed by atoms with Crippen molar-refractivity contribution in [1.82, 2.24) is 19.7 Å². The van der Waals surface area contributed by atoms with Crippen LogP contribution in [0.25, 0.3) is 0 Å². The lowest BCUT2D eigenvalue weighted by Gasteiger charge is -2.30. The smallest absolute Gasteiger partial charge is 0.307 e. The van der Waals surface area contributed by atoms with Gasteiger partial charge in [-0.3, -0.25) is 9.69 Å². The van der Waals surface area contributed by atoms with Crippen molar-refractivity contribution in [2.75, 3.05) is 13.6 Å². The fraction of sp³-hybridized carbons (Fsp3) is 0.769. The summed E-state index contributed by atoms with van der Waals surface area (Å²) < 4.78 is 1.90. The molecule has 1 saturated heterocycles. The highest BCUT2D eigenvalue weighted by atomic mass is 16.4. The first-order valence-electron chi connectivity index (χ1n) is 7.02. The highest BCUT2D eigenvalue weighted by molar-refractivity contribution is 5.70. The Morgan fingerprint density at radius 1 is 1.32 bits per heavy atom. The summed E-state index contributed by atoms with van der Waals surface area (Å²) in [6.07, 6.45) is 4.73. The molecule has 1 fully saturated rings.